The molecule has 0 saturated heterocycles. The summed E-state index contributed by atoms with van der Waals surface area (Å²) in [4.78, 5) is 72.7. The zero-order chi connectivity index (χ0) is 69.1. The normalized spacial score (nSPS) is 14.3. The highest BCUT2D eigenvalue weighted by Gasteiger charge is 2.30. The first-order valence-electron chi connectivity index (χ1n) is 39.2. The second kappa shape index (κ2) is 68.2. The summed E-state index contributed by atoms with van der Waals surface area (Å²) in [6.07, 6.45) is 56.8. The lowest BCUT2D eigenvalue weighted by Crippen LogP contribution is -2.30. The number of unbranched alkanes of at least 4 members (excludes halogenated alkanes) is 46. The largest absolute Gasteiger partial charge is 0.472 e. The molecule has 0 aliphatic carbocycles. The van der Waals surface area contributed by atoms with Gasteiger partial charge >= 0.3 is 39.5 Å². The number of aliphatic hydroxyl groups is 1. The molecule has 0 rings (SSSR count). The fourth-order valence-corrected chi connectivity index (χ4v) is 13.1. The van der Waals surface area contributed by atoms with Gasteiger partial charge in [-0.05, 0) is 31.6 Å². The molecule has 0 bridgehead atoms. The number of phosphoric acid groups is 2. The number of carbonyl (C=O) groups is 4. The minimum absolute atomic E-state index is 0.107. The fourth-order valence-electron chi connectivity index (χ4n) is 11.5. The van der Waals surface area contributed by atoms with Gasteiger partial charge in [0, 0.05) is 25.7 Å². The van der Waals surface area contributed by atoms with Crippen LogP contribution in [-0.4, -0.2) is 96.7 Å². The highest BCUT2D eigenvalue weighted by atomic mass is 31.2. The van der Waals surface area contributed by atoms with Gasteiger partial charge in [0.15, 0.2) is 12.2 Å². The van der Waals surface area contributed by atoms with Crippen molar-refractivity contribution >= 4 is 39.5 Å². The lowest BCUT2D eigenvalue weighted by atomic mass is 9.99. The standard InChI is InChI=1S/C75H146O17P2/c1-6-10-13-16-19-22-24-25-26-27-28-32-36-39-44-49-54-59-73(78)86-65-71(92-75(80)61-56-51-46-41-37-33-30-29-31-35-38-42-47-52-57-68(5)9-4)67-90-94(83,84)88-63-69(76)62-87-93(81,82)89-66-70(64-85-72(77)58-53-48-43-21-18-15-12-8-3)91-74(79)60-55-50-45-40-34-23-20-17-14-11-7-2/h68-71,76H,6-67H2,1-5H3,(H,81,82)(H,83,84)/t68?,69-,70+,71+/m0/s1. The Balaban J connectivity index is 5.20. The Labute approximate surface area is 575 Å². The minimum atomic E-state index is -4.96. The first-order chi connectivity index (χ1) is 45.6. The summed E-state index contributed by atoms with van der Waals surface area (Å²) >= 11 is 0. The molecule has 6 atom stereocenters. The quantitative estimate of drug-likeness (QED) is 0.0222. The van der Waals surface area contributed by atoms with Crippen molar-refractivity contribution in [1.82, 2.24) is 0 Å². The Morgan fingerprint density at radius 2 is 0.511 bits per heavy atom. The maximum Gasteiger partial charge on any atom is 0.472 e. The van der Waals surface area contributed by atoms with Crippen LogP contribution in [0, 0.1) is 5.92 Å². The van der Waals surface area contributed by atoms with E-state index in [-0.39, 0.29) is 25.7 Å². The van der Waals surface area contributed by atoms with E-state index in [1.165, 1.54) is 212 Å². The van der Waals surface area contributed by atoms with Gasteiger partial charge in [0.2, 0.25) is 0 Å². The molecule has 0 amide bonds. The summed E-state index contributed by atoms with van der Waals surface area (Å²) in [6.45, 7) is 7.31. The van der Waals surface area contributed by atoms with Crippen LogP contribution in [0.4, 0.5) is 0 Å². The smallest absolute Gasteiger partial charge is 0.462 e. The van der Waals surface area contributed by atoms with Crippen molar-refractivity contribution in [3.63, 3.8) is 0 Å². The molecule has 3 N–H and O–H groups in total. The predicted molar refractivity (Wildman–Crippen MR) is 382 cm³/mol. The molecule has 0 spiro atoms. The zero-order valence-corrected chi connectivity index (χ0v) is 62.9. The Morgan fingerprint density at radius 3 is 0.755 bits per heavy atom. The van der Waals surface area contributed by atoms with Crippen LogP contribution in [0.2, 0.25) is 0 Å². The van der Waals surface area contributed by atoms with Gasteiger partial charge in [0.25, 0.3) is 0 Å². The third kappa shape index (κ3) is 67.3. The molecule has 17 nitrogen and oxygen atoms in total. The molecular weight excluding hydrogens is 1230 g/mol. The number of phosphoric ester groups is 2. The van der Waals surface area contributed by atoms with Crippen molar-refractivity contribution in [1.29, 1.82) is 0 Å². The van der Waals surface area contributed by atoms with E-state index in [0.29, 0.717) is 25.7 Å². The fraction of sp³-hybridized carbons (Fsp3) is 0.947. The molecule has 0 radical (unpaired) electrons. The summed E-state index contributed by atoms with van der Waals surface area (Å²) < 4.78 is 68.4. The second-order valence-corrected chi connectivity index (χ2v) is 30.2. The zero-order valence-electron chi connectivity index (χ0n) is 61.1. The van der Waals surface area contributed by atoms with E-state index in [9.17, 15) is 43.2 Å². The summed E-state index contributed by atoms with van der Waals surface area (Å²) in [5.41, 5.74) is 0. The predicted octanol–water partition coefficient (Wildman–Crippen LogP) is 22.1. The van der Waals surface area contributed by atoms with Crippen LogP contribution in [0.25, 0.3) is 0 Å². The molecule has 0 fully saturated rings. The van der Waals surface area contributed by atoms with Crippen LogP contribution in [0.3, 0.4) is 0 Å². The van der Waals surface area contributed by atoms with Gasteiger partial charge in [-0.15, -0.1) is 0 Å². The maximum atomic E-state index is 13.1. The van der Waals surface area contributed by atoms with Crippen molar-refractivity contribution in [3.05, 3.63) is 0 Å². The van der Waals surface area contributed by atoms with Gasteiger partial charge in [-0.2, -0.15) is 0 Å². The summed E-state index contributed by atoms with van der Waals surface area (Å²) in [7, 11) is -9.90. The topological polar surface area (TPSA) is 237 Å². The summed E-state index contributed by atoms with van der Waals surface area (Å²) in [5.74, 6) is -1.27. The molecule has 0 aromatic carbocycles. The molecule has 0 heterocycles. The average Bonchev–Trinajstić information content (AvgIpc) is 1.72. The van der Waals surface area contributed by atoms with Crippen molar-refractivity contribution in [2.24, 2.45) is 5.92 Å². The van der Waals surface area contributed by atoms with Crippen LogP contribution in [0.5, 0.6) is 0 Å². The first-order valence-corrected chi connectivity index (χ1v) is 42.2. The second-order valence-electron chi connectivity index (χ2n) is 27.3. The van der Waals surface area contributed by atoms with E-state index in [1.54, 1.807) is 0 Å². The molecule has 0 aromatic rings. The van der Waals surface area contributed by atoms with E-state index in [2.05, 4.69) is 34.6 Å². The van der Waals surface area contributed by atoms with E-state index in [0.717, 1.165) is 102 Å². The maximum absolute atomic E-state index is 13.1. The summed E-state index contributed by atoms with van der Waals surface area (Å²) in [6, 6.07) is 0. The van der Waals surface area contributed by atoms with Crippen LogP contribution < -0.4 is 0 Å². The van der Waals surface area contributed by atoms with Gasteiger partial charge in [-0.3, -0.25) is 37.3 Å². The number of rotatable bonds is 75. The lowest BCUT2D eigenvalue weighted by molar-refractivity contribution is -0.161. The summed E-state index contributed by atoms with van der Waals surface area (Å²) in [5, 5.41) is 10.6. The number of carbonyl (C=O) groups excluding carboxylic acids is 4. The highest BCUT2D eigenvalue weighted by molar-refractivity contribution is 7.47. The van der Waals surface area contributed by atoms with Crippen LogP contribution in [0.1, 0.15) is 394 Å². The molecule has 0 saturated carbocycles. The van der Waals surface area contributed by atoms with Crippen molar-refractivity contribution < 1.29 is 80.2 Å². The third-order valence-corrected chi connectivity index (χ3v) is 19.8. The van der Waals surface area contributed by atoms with Crippen LogP contribution in [0.15, 0.2) is 0 Å². The molecule has 3 unspecified atom stereocenters. The lowest BCUT2D eigenvalue weighted by Gasteiger charge is -2.21. The Hall–Kier alpha value is -1.94. The monoisotopic (exact) mass is 1380 g/mol. The van der Waals surface area contributed by atoms with Gasteiger partial charge < -0.3 is 33.8 Å². The molecule has 0 aliphatic rings. The molecule has 94 heavy (non-hydrogen) atoms. The minimum Gasteiger partial charge on any atom is -0.462 e. The van der Waals surface area contributed by atoms with Crippen LogP contribution in [-0.2, 0) is 65.4 Å². The Bertz CT molecular complexity index is 1810. The first kappa shape index (κ1) is 92.1. The molecule has 19 heteroatoms. The highest BCUT2D eigenvalue weighted by Crippen LogP contribution is 2.45. The molecular formula is C75H146O17P2. The van der Waals surface area contributed by atoms with Gasteiger partial charge in [0.1, 0.15) is 19.3 Å². The number of esters is 4. The molecule has 558 valence electrons. The Morgan fingerprint density at radius 1 is 0.298 bits per heavy atom. The van der Waals surface area contributed by atoms with Crippen molar-refractivity contribution in [3.8, 4) is 0 Å². The number of hydrogen-bond acceptors (Lipinski definition) is 15. The molecule has 0 aliphatic heterocycles. The van der Waals surface area contributed by atoms with Gasteiger partial charge in [-0.25, -0.2) is 9.13 Å². The number of aliphatic hydroxyl groups excluding tert-OH is 1. The van der Waals surface area contributed by atoms with Crippen molar-refractivity contribution in [2.45, 2.75) is 412 Å². The number of ether oxygens (including phenoxy) is 4. The van der Waals surface area contributed by atoms with Crippen LogP contribution >= 0.6 is 15.6 Å². The third-order valence-electron chi connectivity index (χ3n) is 17.9. The van der Waals surface area contributed by atoms with Crippen molar-refractivity contribution in [2.75, 3.05) is 39.6 Å². The molecule has 0 aromatic heterocycles. The number of hydrogen-bond donors (Lipinski definition) is 3. The van der Waals surface area contributed by atoms with E-state index in [4.69, 9.17) is 37.0 Å². The van der Waals surface area contributed by atoms with Gasteiger partial charge in [-0.1, -0.05) is 343 Å². The van der Waals surface area contributed by atoms with E-state index in [1.807, 2.05) is 0 Å². The SMILES string of the molecule is CCCCCCCCCCCCCCCCCCCC(=O)OC[C@H](COP(=O)(O)OC[C@@H](O)COP(=O)(O)OC[C@@H](COC(=O)CCCCCCCCCC)OC(=O)CCCCCCCCCCCCC)OC(=O)CCCCCCCCCCCCCCCCC(C)CC. The van der Waals surface area contributed by atoms with Gasteiger partial charge in [0.05, 0.1) is 26.4 Å². The Kier molecular flexibility index (Phi) is 66.8. The van der Waals surface area contributed by atoms with E-state index >= 15 is 0 Å². The van der Waals surface area contributed by atoms with E-state index < -0.39 is 97.5 Å². The average molecular weight is 1380 g/mol.